The van der Waals surface area contributed by atoms with E-state index in [-0.39, 0.29) is 12.6 Å². The number of carbonyl (C=O) groups is 2. The monoisotopic (exact) mass is 456 g/mol. The minimum absolute atomic E-state index is 0.278. The van der Waals surface area contributed by atoms with Crippen molar-refractivity contribution in [2.24, 2.45) is 0 Å². The molecule has 4 rings (SSSR count). The number of hydrogen-bond acceptors (Lipinski definition) is 7. The van der Waals surface area contributed by atoms with Crippen LogP contribution in [0.1, 0.15) is 17.8 Å². The third-order valence-corrected chi connectivity index (χ3v) is 6.59. The number of benzene rings is 1. The van der Waals surface area contributed by atoms with Gasteiger partial charge in [-0.1, -0.05) is 12.1 Å². The Balaban J connectivity index is 1.51. The first kappa shape index (κ1) is 22.2. The number of nitrogens with zero attached hydrogens (tertiary/aromatic N) is 2. The number of rotatable bonds is 7. The highest BCUT2D eigenvalue weighted by atomic mass is 32.1. The Morgan fingerprint density at radius 2 is 2.00 bits per heavy atom. The lowest BCUT2D eigenvalue weighted by Gasteiger charge is -2.38. The van der Waals surface area contributed by atoms with Crippen LogP contribution in [-0.2, 0) is 9.53 Å². The van der Waals surface area contributed by atoms with E-state index in [9.17, 15) is 9.59 Å². The number of urea groups is 1. The van der Waals surface area contributed by atoms with Crippen LogP contribution >= 0.6 is 11.3 Å². The predicted octanol–water partition coefficient (Wildman–Crippen LogP) is 2.75. The Bertz CT molecular complexity index is 984. The van der Waals surface area contributed by atoms with Crippen LogP contribution in [0.3, 0.4) is 0 Å². The largest absolute Gasteiger partial charge is 0.497 e. The van der Waals surface area contributed by atoms with Gasteiger partial charge < -0.3 is 25.0 Å². The van der Waals surface area contributed by atoms with Gasteiger partial charge in [0, 0.05) is 55.1 Å². The third kappa shape index (κ3) is 4.89. The van der Waals surface area contributed by atoms with Gasteiger partial charge in [-0.05, 0) is 30.5 Å². The van der Waals surface area contributed by atoms with Gasteiger partial charge in [0.1, 0.15) is 5.75 Å². The van der Waals surface area contributed by atoms with Crippen molar-refractivity contribution < 1.29 is 19.1 Å². The number of carbonyl (C=O) groups excluding carboxylic acids is 2. The Hall–Kier alpha value is -3.04. The van der Waals surface area contributed by atoms with Gasteiger partial charge in [0.25, 0.3) is 0 Å². The molecule has 3 heterocycles. The number of thiophene rings is 1. The van der Waals surface area contributed by atoms with Crippen LogP contribution in [0.2, 0.25) is 0 Å². The average molecular weight is 457 g/mol. The molecule has 0 aliphatic carbocycles. The fourth-order valence-corrected chi connectivity index (χ4v) is 4.84. The lowest BCUT2D eigenvalue weighted by atomic mass is 10.0. The van der Waals surface area contributed by atoms with Crippen molar-refractivity contribution in [3.63, 3.8) is 0 Å². The van der Waals surface area contributed by atoms with Gasteiger partial charge >= 0.3 is 12.0 Å². The molecule has 0 unspecified atom stereocenters. The molecule has 0 bridgehead atoms. The van der Waals surface area contributed by atoms with Crippen LogP contribution in [-0.4, -0.2) is 63.3 Å². The zero-order valence-electron chi connectivity index (χ0n) is 18.3. The summed E-state index contributed by atoms with van der Waals surface area (Å²) < 4.78 is 10.7. The Morgan fingerprint density at radius 1 is 1.19 bits per heavy atom. The quantitative estimate of drug-likeness (QED) is 0.624. The van der Waals surface area contributed by atoms with E-state index in [0.717, 1.165) is 42.5 Å². The maximum Gasteiger partial charge on any atom is 0.338 e. The zero-order chi connectivity index (χ0) is 22.5. The standard InChI is InChI=1S/C23H28N4O4S/c1-3-31-22(28)20-18(24-23(29)25-21(20)19-8-5-13-32-19)15-26-9-11-27(12-10-26)16-6-4-7-17(14-16)30-2/h4-8,13-14,21H,3,9-12,15H2,1-2H3,(H2,24,25,29)/t21-/m1/s1. The van der Waals surface area contributed by atoms with Gasteiger partial charge in [0.05, 0.1) is 25.3 Å². The molecular formula is C23H28N4O4S. The second-order valence-electron chi connectivity index (χ2n) is 7.62. The first-order valence-electron chi connectivity index (χ1n) is 10.7. The molecule has 0 saturated carbocycles. The summed E-state index contributed by atoms with van der Waals surface area (Å²) in [4.78, 5) is 30.7. The number of esters is 1. The summed E-state index contributed by atoms with van der Waals surface area (Å²) in [5.74, 6) is 0.439. The van der Waals surface area contributed by atoms with Crippen molar-refractivity contribution in [2.75, 3.05) is 51.3 Å². The van der Waals surface area contributed by atoms with Crippen LogP contribution < -0.4 is 20.3 Å². The van der Waals surface area contributed by atoms with E-state index in [1.54, 1.807) is 14.0 Å². The fraction of sp³-hybridized carbons (Fsp3) is 0.391. The molecule has 8 nitrogen and oxygen atoms in total. The van der Waals surface area contributed by atoms with E-state index in [1.165, 1.54) is 11.3 Å². The van der Waals surface area contributed by atoms with Crippen molar-refractivity contribution in [2.45, 2.75) is 13.0 Å². The van der Waals surface area contributed by atoms with Crippen LogP contribution in [0.4, 0.5) is 10.5 Å². The summed E-state index contributed by atoms with van der Waals surface area (Å²) in [6.45, 7) is 5.85. The number of ether oxygens (including phenoxy) is 2. The second kappa shape index (κ2) is 10.1. The molecule has 32 heavy (non-hydrogen) atoms. The first-order chi connectivity index (χ1) is 15.6. The number of nitrogens with one attached hydrogen (secondary N) is 2. The Morgan fingerprint density at radius 3 is 2.69 bits per heavy atom. The number of anilines is 1. The van der Waals surface area contributed by atoms with E-state index >= 15 is 0 Å². The zero-order valence-corrected chi connectivity index (χ0v) is 19.1. The maximum atomic E-state index is 12.9. The molecule has 1 fully saturated rings. The van der Waals surface area contributed by atoms with Gasteiger partial charge in [0.2, 0.25) is 0 Å². The normalized spacial score (nSPS) is 19.4. The first-order valence-corrected chi connectivity index (χ1v) is 11.6. The van der Waals surface area contributed by atoms with Gasteiger partial charge in [-0.2, -0.15) is 0 Å². The van der Waals surface area contributed by atoms with Crippen molar-refractivity contribution in [1.29, 1.82) is 0 Å². The Kier molecular flexibility index (Phi) is 6.96. The molecular weight excluding hydrogens is 428 g/mol. The van der Waals surface area contributed by atoms with E-state index in [4.69, 9.17) is 9.47 Å². The molecule has 2 aliphatic rings. The van der Waals surface area contributed by atoms with E-state index < -0.39 is 12.0 Å². The summed E-state index contributed by atoms with van der Waals surface area (Å²) in [5, 5.41) is 7.68. The van der Waals surface area contributed by atoms with Crippen molar-refractivity contribution in [1.82, 2.24) is 15.5 Å². The smallest absolute Gasteiger partial charge is 0.338 e. The summed E-state index contributed by atoms with van der Waals surface area (Å²) >= 11 is 1.50. The number of methoxy groups -OCH3 is 1. The minimum atomic E-state index is -0.504. The highest BCUT2D eigenvalue weighted by Crippen LogP contribution is 2.31. The van der Waals surface area contributed by atoms with Crippen molar-refractivity contribution in [3.05, 3.63) is 57.9 Å². The number of piperazine rings is 1. The molecule has 1 atom stereocenters. The SMILES string of the molecule is CCOC(=O)C1=C(CN2CCN(c3cccc(OC)c3)CC2)NC(=O)N[C@@H]1c1cccs1. The fourth-order valence-electron chi connectivity index (χ4n) is 4.06. The summed E-state index contributed by atoms with van der Waals surface area (Å²) in [7, 11) is 1.67. The molecule has 170 valence electrons. The van der Waals surface area contributed by atoms with E-state index in [1.807, 2.05) is 35.7 Å². The molecule has 1 aromatic heterocycles. The van der Waals surface area contributed by atoms with Gasteiger partial charge in [0.15, 0.2) is 0 Å². The molecule has 0 radical (unpaired) electrons. The molecule has 2 aromatic rings. The van der Waals surface area contributed by atoms with Crippen molar-refractivity contribution >= 4 is 29.0 Å². The minimum Gasteiger partial charge on any atom is -0.497 e. The summed E-state index contributed by atoms with van der Waals surface area (Å²) in [5.41, 5.74) is 2.22. The lowest BCUT2D eigenvalue weighted by Crippen LogP contribution is -2.51. The highest BCUT2D eigenvalue weighted by Gasteiger charge is 2.35. The molecule has 2 aliphatic heterocycles. The van der Waals surface area contributed by atoms with Gasteiger partial charge in [-0.25, -0.2) is 9.59 Å². The van der Waals surface area contributed by atoms with Crippen LogP contribution in [0.5, 0.6) is 5.75 Å². The van der Waals surface area contributed by atoms with Gasteiger partial charge in [-0.15, -0.1) is 11.3 Å². The average Bonchev–Trinajstić information content (AvgIpc) is 3.34. The number of hydrogen-bond donors (Lipinski definition) is 2. The molecule has 2 amide bonds. The molecule has 0 spiro atoms. The van der Waals surface area contributed by atoms with Crippen LogP contribution in [0, 0.1) is 0 Å². The Labute approximate surface area is 191 Å². The van der Waals surface area contributed by atoms with Crippen molar-refractivity contribution in [3.8, 4) is 5.75 Å². The van der Waals surface area contributed by atoms with Crippen LogP contribution in [0.15, 0.2) is 53.0 Å². The number of amides is 2. The molecule has 1 aromatic carbocycles. The topological polar surface area (TPSA) is 83.1 Å². The maximum absolute atomic E-state index is 12.9. The second-order valence-corrected chi connectivity index (χ2v) is 8.60. The molecule has 1 saturated heterocycles. The summed E-state index contributed by atoms with van der Waals surface area (Å²) in [6, 6.07) is 11.1. The molecule has 2 N–H and O–H groups in total. The highest BCUT2D eigenvalue weighted by molar-refractivity contribution is 7.10. The third-order valence-electron chi connectivity index (χ3n) is 5.65. The molecule has 9 heteroatoms. The summed E-state index contributed by atoms with van der Waals surface area (Å²) in [6.07, 6.45) is 0. The lowest BCUT2D eigenvalue weighted by molar-refractivity contribution is -0.139. The van der Waals surface area contributed by atoms with E-state index in [2.05, 4.69) is 26.5 Å². The van der Waals surface area contributed by atoms with Crippen LogP contribution in [0.25, 0.3) is 0 Å². The van der Waals surface area contributed by atoms with E-state index in [0.29, 0.717) is 17.8 Å². The predicted molar refractivity (Wildman–Crippen MR) is 124 cm³/mol. The van der Waals surface area contributed by atoms with Gasteiger partial charge in [-0.3, -0.25) is 4.90 Å².